The van der Waals surface area contributed by atoms with Gasteiger partial charge in [0.2, 0.25) is 10.0 Å². The van der Waals surface area contributed by atoms with Crippen LogP contribution in [0.25, 0.3) is 0 Å². The van der Waals surface area contributed by atoms with E-state index in [4.69, 9.17) is 9.84 Å². The molecule has 6 nitrogen and oxygen atoms in total. The summed E-state index contributed by atoms with van der Waals surface area (Å²) in [5.74, 6) is -1.12. The molecule has 0 fully saturated rings. The maximum absolute atomic E-state index is 11.8. The second kappa shape index (κ2) is 6.83. The summed E-state index contributed by atoms with van der Waals surface area (Å²) in [6.45, 7) is 0.899. The highest BCUT2D eigenvalue weighted by Gasteiger charge is 2.18. The summed E-state index contributed by atoms with van der Waals surface area (Å²) in [5.41, 5.74) is 0. The van der Waals surface area contributed by atoms with Crippen molar-refractivity contribution >= 4 is 27.3 Å². The number of rotatable bonds is 8. The van der Waals surface area contributed by atoms with Crippen LogP contribution in [-0.4, -0.2) is 39.8 Å². The largest absolute Gasteiger partial charge is 0.477 e. The summed E-state index contributed by atoms with van der Waals surface area (Å²) < 4.78 is 30.8. The Morgan fingerprint density at radius 3 is 2.72 bits per heavy atom. The van der Waals surface area contributed by atoms with E-state index in [0.29, 0.717) is 19.6 Å². The Bertz CT molecular complexity index is 494. The fraction of sp³-hybridized carbons (Fsp3) is 0.500. The van der Waals surface area contributed by atoms with Crippen molar-refractivity contribution in [2.75, 3.05) is 20.3 Å². The molecule has 0 aliphatic carbocycles. The SMILES string of the molecule is COCCCCNS(=O)(=O)c1ccc(C(=O)O)s1. The predicted octanol–water partition coefficient (Wildman–Crippen LogP) is 1.15. The molecule has 0 aliphatic heterocycles. The molecule has 0 radical (unpaired) electrons. The van der Waals surface area contributed by atoms with E-state index in [9.17, 15) is 13.2 Å². The van der Waals surface area contributed by atoms with Gasteiger partial charge in [0.15, 0.2) is 0 Å². The molecule has 1 heterocycles. The van der Waals surface area contributed by atoms with Gasteiger partial charge in [-0.1, -0.05) is 0 Å². The molecule has 2 N–H and O–H groups in total. The van der Waals surface area contributed by atoms with Crippen LogP contribution in [0.3, 0.4) is 0 Å². The van der Waals surface area contributed by atoms with Crippen molar-refractivity contribution in [1.29, 1.82) is 0 Å². The van der Waals surface area contributed by atoms with E-state index in [1.807, 2.05) is 0 Å². The lowest BCUT2D eigenvalue weighted by Crippen LogP contribution is -2.24. The van der Waals surface area contributed by atoms with Crippen molar-refractivity contribution in [3.8, 4) is 0 Å². The molecule has 0 aromatic carbocycles. The van der Waals surface area contributed by atoms with Gasteiger partial charge >= 0.3 is 5.97 Å². The number of ether oxygens (including phenoxy) is 1. The number of aromatic carboxylic acids is 1. The van der Waals surface area contributed by atoms with E-state index in [-0.39, 0.29) is 9.09 Å². The second-order valence-corrected chi connectivity index (χ2v) is 6.60. The number of carboxylic acids is 1. The van der Waals surface area contributed by atoms with Crippen LogP contribution < -0.4 is 4.72 Å². The monoisotopic (exact) mass is 293 g/mol. The third-order valence-electron chi connectivity index (χ3n) is 2.12. The highest BCUT2D eigenvalue weighted by atomic mass is 32.2. The van der Waals surface area contributed by atoms with Gasteiger partial charge in [-0.05, 0) is 25.0 Å². The molecule has 1 aromatic rings. The lowest BCUT2D eigenvalue weighted by Gasteiger charge is -2.04. The van der Waals surface area contributed by atoms with Crippen molar-refractivity contribution in [2.24, 2.45) is 0 Å². The Hall–Kier alpha value is -0.960. The fourth-order valence-electron chi connectivity index (χ4n) is 1.23. The number of methoxy groups -OCH3 is 1. The summed E-state index contributed by atoms with van der Waals surface area (Å²) in [6, 6.07) is 2.58. The van der Waals surface area contributed by atoms with E-state index in [2.05, 4.69) is 4.72 Å². The van der Waals surface area contributed by atoms with Gasteiger partial charge in [-0.3, -0.25) is 0 Å². The van der Waals surface area contributed by atoms with Crippen molar-refractivity contribution < 1.29 is 23.1 Å². The molecule has 0 amide bonds. The van der Waals surface area contributed by atoms with Crippen LogP contribution in [-0.2, 0) is 14.8 Å². The number of sulfonamides is 1. The van der Waals surface area contributed by atoms with E-state index in [1.54, 1.807) is 7.11 Å². The maximum atomic E-state index is 11.8. The van der Waals surface area contributed by atoms with Crippen molar-refractivity contribution in [1.82, 2.24) is 4.72 Å². The van der Waals surface area contributed by atoms with Crippen LogP contribution in [0, 0.1) is 0 Å². The van der Waals surface area contributed by atoms with Crippen LogP contribution in [0.15, 0.2) is 16.3 Å². The minimum Gasteiger partial charge on any atom is -0.477 e. The quantitative estimate of drug-likeness (QED) is 0.701. The van der Waals surface area contributed by atoms with Gasteiger partial charge < -0.3 is 9.84 Å². The Labute approximate surface area is 110 Å². The van der Waals surface area contributed by atoms with Crippen molar-refractivity contribution in [3.05, 3.63) is 17.0 Å². The lowest BCUT2D eigenvalue weighted by molar-refractivity contribution is 0.0702. The zero-order valence-corrected chi connectivity index (χ0v) is 11.5. The summed E-state index contributed by atoms with van der Waals surface area (Å²) in [6.07, 6.45) is 1.44. The average molecular weight is 293 g/mol. The summed E-state index contributed by atoms with van der Waals surface area (Å²) in [5, 5.41) is 8.72. The smallest absolute Gasteiger partial charge is 0.345 e. The molecule has 0 saturated carbocycles. The molecule has 0 saturated heterocycles. The number of nitrogens with one attached hydrogen (secondary N) is 1. The number of unbranched alkanes of at least 4 members (excludes halogenated alkanes) is 1. The normalized spacial score (nSPS) is 11.6. The summed E-state index contributed by atoms with van der Waals surface area (Å²) in [4.78, 5) is 10.7. The van der Waals surface area contributed by atoms with Crippen LogP contribution in [0.4, 0.5) is 0 Å². The molecule has 1 aromatic heterocycles. The first-order valence-electron chi connectivity index (χ1n) is 5.29. The molecule has 0 atom stereocenters. The molecule has 8 heteroatoms. The highest BCUT2D eigenvalue weighted by molar-refractivity contribution is 7.91. The van der Waals surface area contributed by atoms with Gasteiger partial charge in [-0.15, -0.1) is 11.3 Å². The predicted molar refractivity (Wildman–Crippen MR) is 67.6 cm³/mol. The number of hydrogen-bond acceptors (Lipinski definition) is 5. The Morgan fingerprint density at radius 2 is 2.17 bits per heavy atom. The molecule has 0 bridgehead atoms. The fourth-order valence-corrected chi connectivity index (χ4v) is 3.49. The maximum Gasteiger partial charge on any atom is 0.345 e. The van der Waals surface area contributed by atoms with Crippen LogP contribution in [0.5, 0.6) is 0 Å². The zero-order chi connectivity index (χ0) is 13.6. The molecule has 0 aliphatic rings. The van der Waals surface area contributed by atoms with E-state index in [0.717, 1.165) is 17.8 Å². The molecule has 0 unspecified atom stereocenters. The van der Waals surface area contributed by atoms with Crippen molar-refractivity contribution in [3.63, 3.8) is 0 Å². The number of thiophene rings is 1. The Balaban J connectivity index is 2.54. The van der Waals surface area contributed by atoms with E-state index >= 15 is 0 Å². The lowest BCUT2D eigenvalue weighted by atomic mass is 10.3. The average Bonchev–Trinajstić information content (AvgIpc) is 2.78. The molecule has 0 spiro atoms. The highest BCUT2D eigenvalue weighted by Crippen LogP contribution is 2.21. The van der Waals surface area contributed by atoms with Gasteiger partial charge in [0, 0.05) is 20.3 Å². The minimum atomic E-state index is -3.60. The van der Waals surface area contributed by atoms with Crippen LogP contribution in [0.2, 0.25) is 0 Å². The second-order valence-electron chi connectivity index (χ2n) is 3.52. The first kappa shape index (κ1) is 15.1. The number of hydrogen-bond donors (Lipinski definition) is 2. The standard InChI is InChI=1S/C10H15NO5S2/c1-16-7-3-2-6-11-18(14,15)9-5-4-8(17-9)10(12)13/h4-5,11H,2-3,6-7H2,1H3,(H,12,13). The molecular weight excluding hydrogens is 278 g/mol. The van der Waals surface area contributed by atoms with Crippen molar-refractivity contribution in [2.45, 2.75) is 17.1 Å². The molecule has 18 heavy (non-hydrogen) atoms. The number of carboxylic acid groups (broad SMARTS) is 1. The van der Waals surface area contributed by atoms with E-state index < -0.39 is 16.0 Å². The topological polar surface area (TPSA) is 92.7 Å². The first-order valence-corrected chi connectivity index (χ1v) is 7.59. The first-order chi connectivity index (χ1) is 8.47. The molecule has 1 rings (SSSR count). The molecule has 102 valence electrons. The van der Waals surface area contributed by atoms with Crippen LogP contribution >= 0.6 is 11.3 Å². The van der Waals surface area contributed by atoms with Crippen LogP contribution in [0.1, 0.15) is 22.5 Å². The number of carbonyl (C=O) groups is 1. The Kier molecular flexibility index (Phi) is 5.73. The minimum absolute atomic E-state index is 0.00904. The third kappa shape index (κ3) is 4.37. The summed E-state index contributed by atoms with van der Waals surface area (Å²) >= 11 is 0.742. The third-order valence-corrected chi connectivity index (χ3v) is 5.15. The summed E-state index contributed by atoms with van der Waals surface area (Å²) in [7, 11) is -2.01. The van der Waals surface area contributed by atoms with Gasteiger partial charge in [0.25, 0.3) is 0 Å². The zero-order valence-electron chi connectivity index (χ0n) is 9.88. The molecular formula is C10H15NO5S2. The van der Waals surface area contributed by atoms with Gasteiger partial charge in [-0.25, -0.2) is 17.9 Å². The van der Waals surface area contributed by atoms with Gasteiger partial charge in [0.1, 0.15) is 9.09 Å². The van der Waals surface area contributed by atoms with Gasteiger partial charge in [-0.2, -0.15) is 0 Å². The Morgan fingerprint density at radius 1 is 1.44 bits per heavy atom. The van der Waals surface area contributed by atoms with E-state index in [1.165, 1.54) is 12.1 Å². The van der Waals surface area contributed by atoms with Gasteiger partial charge in [0.05, 0.1) is 0 Å².